The highest BCUT2D eigenvalue weighted by atomic mass is 35.5. The Morgan fingerprint density at radius 3 is 2.52 bits per heavy atom. The number of nitrogens with zero attached hydrogens (tertiary/aromatic N) is 3. The van der Waals surface area contributed by atoms with Crippen LogP contribution in [0.2, 0.25) is 5.02 Å². The number of thiazole rings is 1. The Bertz CT molecular complexity index is 987. The van der Waals surface area contributed by atoms with E-state index in [1.54, 1.807) is 29.2 Å². The predicted molar refractivity (Wildman–Crippen MR) is 104 cm³/mol. The van der Waals surface area contributed by atoms with Crippen molar-refractivity contribution >= 4 is 50.0 Å². The molecular formula is C18H15ClF2N4OS. The summed E-state index contributed by atoms with van der Waals surface area (Å²) in [6.45, 7) is 2.15. The first kappa shape index (κ1) is 17.9. The molecular weight excluding hydrogens is 394 g/mol. The Morgan fingerprint density at radius 1 is 1.11 bits per heavy atom. The highest BCUT2D eigenvalue weighted by Gasteiger charge is 2.24. The fourth-order valence-electron chi connectivity index (χ4n) is 2.92. The molecule has 0 unspecified atom stereocenters. The van der Waals surface area contributed by atoms with Gasteiger partial charge in [0.05, 0.1) is 4.70 Å². The summed E-state index contributed by atoms with van der Waals surface area (Å²) >= 11 is 7.09. The summed E-state index contributed by atoms with van der Waals surface area (Å²) < 4.78 is 27.7. The molecule has 4 rings (SSSR count). The number of anilines is 2. The van der Waals surface area contributed by atoms with Gasteiger partial charge in [0.25, 0.3) is 0 Å². The zero-order chi connectivity index (χ0) is 19.0. The fraction of sp³-hybridized carbons (Fsp3) is 0.222. The van der Waals surface area contributed by atoms with Gasteiger partial charge >= 0.3 is 6.03 Å². The van der Waals surface area contributed by atoms with Gasteiger partial charge in [-0.25, -0.2) is 18.6 Å². The summed E-state index contributed by atoms with van der Waals surface area (Å²) in [6, 6.07) is 8.85. The van der Waals surface area contributed by atoms with Gasteiger partial charge in [0.1, 0.15) is 11.3 Å². The largest absolute Gasteiger partial charge is 0.345 e. The summed E-state index contributed by atoms with van der Waals surface area (Å²) in [5.74, 6) is -1.27. The van der Waals surface area contributed by atoms with E-state index in [2.05, 4.69) is 10.3 Å². The first-order valence-corrected chi connectivity index (χ1v) is 9.51. The molecule has 9 heteroatoms. The molecule has 5 nitrogen and oxygen atoms in total. The highest BCUT2D eigenvalue weighted by Crippen LogP contribution is 2.31. The number of hydrogen-bond acceptors (Lipinski definition) is 4. The van der Waals surface area contributed by atoms with Gasteiger partial charge in [0.15, 0.2) is 10.9 Å². The van der Waals surface area contributed by atoms with Crippen molar-refractivity contribution in [3.8, 4) is 0 Å². The van der Waals surface area contributed by atoms with Crippen molar-refractivity contribution in [1.29, 1.82) is 0 Å². The van der Waals surface area contributed by atoms with E-state index >= 15 is 0 Å². The number of aromatic nitrogens is 1. The number of fused-ring (bicyclic) bond motifs is 1. The van der Waals surface area contributed by atoms with E-state index in [-0.39, 0.29) is 11.5 Å². The lowest BCUT2D eigenvalue weighted by Crippen LogP contribution is -2.50. The number of hydrogen-bond donors (Lipinski definition) is 1. The number of amides is 2. The minimum atomic E-state index is -0.659. The minimum absolute atomic E-state index is 0.180. The Morgan fingerprint density at radius 2 is 1.81 bits per heavy atom. The quantitative estimate of drug-likeness (QED) is 0.675. The molecule has 27 heavy (non-hydrogen) atoms. The number of halogens is 3. The van der Waals surface area contributed by atoms with E-state index in [4.69, 9.17) is 11.6 Å². The number of benzene rings is 2. The number of carbonyl (C=O) groups is 1. The van der Waals surface area contributed by atoms with Crippen molar-refractivity contribution in [2.24, 2.45) is 0 Å². The summed E-state index contributed by atoms with van der Waals surface area (Å²) in [6.07, 6.45) is 0. The van der Waals surface area contributed by atoms with E-state index in [0.717, 1.165) is 6.07 Å². The van der Waals surface area contributed by atoms with E-state index < -0.39 is 11.6 Å². The van der Waals surface area contributed by atoms with Crippen LogP contribution in [-0.2, 0) is 0 Å². The maximum atomic E-state index is 13.8. The summed E-state index contributed by atoms with van der Waals surface area (Å²) in [5.41, 5.74) is 0.856. The lowest BCUT2D eigenvalue weighted by Gasteiger charge is -2.34. The van der Waals surface area contributed by atoms with Crippen molar-refractivity contribution in [2.75, 3.05) is 36.4 Å². The Hall–Kier alpha value is -2.45. The number of rotatable bonds is 2. The van der Waals surface area contributed by atoms with Crippen LogP contribution in [0.4, 0.5) is 24.4 Å². The average Bonchev–Trinajstić information content (AvgIpc) is 3.08. The molecule has 0 saturated carbocycles. The molecule has 0 atom stereocenters. The zero-order valence-electron chi connectivity index (χ0n) is 14.1. The average molecular weight is 409 g/mol. The van der Waals surface area contributed by atoms with Crippen LogP contribution in [0.1, 0.15) is 0 Å². The van der Waals surface area contributed by atoms with Crippen LogP contribution in [-0.4, -0.2) is 42.1 Å². The van der Waals surface area contributed by atoms with Gasteiger partial charge in [-0.3, -0.25) is 0 Å². The van der Waals surface area contributed by atoms with Gasteiger partial charge in [-0.2, -0.15) is 0 Å². The number of carbonyl (C=O) groups excluding carboxylic acids is 1. The summed E-state index contributed by atoms with van der Waals surface area (Å²) in [5, 5.41) is 4.07. The predicted octanol–water partition coefficient (Wildman–Crippen LogP) is 4.58. The number of piperazine rings is 1. The molecule has 3 aromatic rings. The third kappa shape index (κ3) is 3.81. The monoisotopic (exact) mass is 408 g/mol. The van der Waals surface area contributed by atoms with E-state index in [1.807, 2.05) is 4.90 Å². The lowest BCUT2D eigenvalue weighted by molar-refractivity contribution is 0.208. The molecule has 2 heterocycles. The van der Waals surface area contributed by atoms with E-state index in [0.29, 0.717) is 46.7 Å². The Kier molecular flexibility index (Phi) is 4.84. The maximum Gasteiger partial charge on any atom is 0.321 e. The van der Waals surface area contributed by atoms with Crippen LogP contribution in [0.15, 0.2) is 36.4 Å². The molecule has 1 N–H and O–H groups in total. The second-order valence-corrected chi connectivity index (χ2v) is 7.59. The number of nitrogens with one attached hydrogen (secondary N) is 1. The van der Waals surface area contributed by atoms with Gasteiger partial charge in [-0.15, -0.1) is 0 Å². The lowest BCUT2D eigenvalue weighted by atomic mass is 10.3. The second-order valence-electron chi connectivity index (χ2n) is 6.14. The van der Waals surface area contributed by atoms with Crippen LogP contribution >= 0.6 is 22.9 Å². The first-order chi connectivity index (χ1) is 13.0. The van der Waals surface area contributed by atoms with Crippen LogP contribution < -0.4 is 10.2 Å². The molecule has 2 aromatic carbocycles. The molecule has 0 aliphatic carbocycles. The van der Waals surface area contributed by atoms with Crippen molar-refractivity contribution in [1.82, 2.24) is 9.88 Å². The van der Waals surface area contributed by atoms with Gasteiger partial charge in [-0.05, 0) is 30.3 Å². The van der Waals surface area contributed by atoms with Crippen LogP contribution in [0.5, 0.6) is 0 Å². The number of urea groups is 1. The fourth-order valence-corrected chi connectivity index (χ4v) is 4.10. The van der Waals surface area contributed by atoms with Crippen molar-refractivity contribution in [2.45, 2.75) is 0 Å². The molecule has 1 aromatic heterocycles. The topological polar surface area (TPSA) is 48.5 Å². The molecule has 2 amide bonds. The zero-order valence-corrected chi connectivity index (χ0v) is 15.7. The van der Waals surface area contributed by atoms with Gasteiger partial charge in [0.2, 0.25) is 0 Å². The van der Waals surface area contributed by atoms with Crippen LogP contribution in [0.25, 0.3) is 10.2 Å². The minimum Gasteiger partial charge on any atom is -0.345 e. The molecule has 0 bridgehead atoms. The van der Waals surface area contributed by atoms with Crippen molar-refractivity contribution < 1.29 is 13.6 Å². The summed E-state index contributed by atoms with van der Waals surface area (Å²) in [7, 11) is 0. The molecule has 1 fully saturated rings. The SMILES string of the molecule is O=C(Nc1ccc(Cl)cc1)N1CCN(c2nc3c(F)cc(F)cc3s2)CC1. The molecule has 1 saturated heterocycles. The Balaban J connectivity index is 1.40. The molecule has 1 aliphatic heterocycles. The van der Waals surface area contributed by atoms with Gasteiger partial charge in [-0.1, -0.05) is 22.9 Å². The standard InChI is InChI=1S/C18H15ClF2N4OS/c19-11-1-3-13(4-2-11)22-17(26)24-5-7-25(8-6-24)18-23-16-14(21)9-12(20)10-15(16)27-18/h1-4,9-10H,5-8H2,(H,22,26). The second kappa shape index (κ2) is 7.28. The highest BCUT2D eigenvalue weighted by molar-refractivity contribution is 7.22. The van der Waals surface area contributed by atoms with Crippen LogP contribution in [0, 0.1) is 11.6 Å². The third-order valence-corrected chi connectivity index (χ3v) is 5.65. The molecule has 0 spiro atoms. The van der Waals surface area contributed by atoms with Crippen molar-refractivity contribution in [3.05, 3.63) is 53.1 Å². The van der Waals surface area contributed by atoms with Gasteiger partial charge < -0.3 is 15.1 Å². The Labute approximate surface area is 163 Å². The van der Waals surface area contributed by atoms with Crippen molar-refractivity contribution in [3.63, 3.8) is 0 Å². The normalized spacial score (nSPS) is 14.6. The summed E-state index contributed by atoms with van der Waals surface area (Å²) in [4.78, 5) is 20.4. The third-order valence-electron chi connectivity index (χ3n) is 4.33. The van der Waals surface area contributed by atoms with Gasteiger partial charge in [0, 0.05) is 43.0 Å². The van der Waals surface area contributed by atoms with E-state index in [9.17, 15) is 13.6 Å². The van der Waals surface area contributed by atoms with E-state index in [1.165, 1.54) is 17.4 Å². The molecule has 0 radical (unpaired) electrons. The molecule has 1 aliphatic rings. The smallest absolute Gasteiger partial charge is 0.321 e. The first-order valence-electron chi connectivity index (χ1n) is 8.31. The molecule has 140 valence electrons. The van der Waals surface area contributed by atoms with Crippen LogP contribution in [0.3, 0.4) is 0 Å². The maximum absolute atomic E-state index is 13.8.